The fourth-order valence-corrected chi connectivity index (χ4v) is 4.06. The third kappa shape index (κ3) is 3.41. The van der Waals surface area contributed by atoms with E-state index in [9.17, 15) is 4.79 Å². The Labute approximate surface area is 174 Å². The smallest absolute Gasteiger partial charge is 0.254 e. The molecule has 7 nitrogen and oxygen atoms in total. The largest absolute Gasteiger partial charge is 0.454 e. The molecule has 0 saturated carbocycles. The Kier molecular flexibility index (Phi) is 4.88. The number of hydrogen-bond donors (Lipinski definition) is 0. The molecule has 3 aromatic rings. The molecule has 5 rings (SSSR count). The molecule has 0 N–H and O–H groups in total. The number of hydrogen-bond acceptors (Lipinski definition) is 5. The second-order valence-electron chi connectivity index (χ2n) is 7.45. The zero-order valence-corrected chi connectivity index (χ0v) is 16.8. The number of imidazole rings is 1. The molecular formula is C23H23N3O4. The van der Waals surface area contributed by atoms with Gasteiger partial charge in [-0.1, -0.05) is 18.2 Å². The van der Waals surface area contributed by atoms with Crippen molar-refractivity contribution in [1.29, 1.82) is 0 Å². The van der Waals surface area contributed by atoms with Crippen LogP contribution in [0.1, 0.15) is 21.7 Å². The second-order valence-corrected chi connectivity index (χ2v) is 7.45. The molecule has 0 saturated heterocycles. The molecule has 1 aromatic heterocycles. The van der Waals surface area contributed by atoms with Gasteiger partial charge in [0.2, 0.25) is 6.79 Å². The van der Waals surface area contributed by atoms with Crippen LogP contribution in [-0.4, -0.2) is 47.4 Å². The monoisotopic (exact) mass is 405 g/mol. The van der Waals surface area contributed by atoms with Crippen molar-refractivity contribution in [1.82, 2.24) is 14.5 Å². The van der Waals surface area contributed by atoms with E-state index >= 15 is 0 Å². The molecule has 2 aromatic carbocycles. The Balaban J connectivity index is 1.36. The molecule has 7 heteroatoms. The summed E-state index contributed by atoms with van der Waals surface area (Å²) in [6.07, 6.45) is 2.64. The van der Waals surface area contributed by atoms with Crippen molar-refractivity contribution in [2.24, 2.45) is 0 Å². The van der Waals surface area contributed by atoms with Gasteiger partial charge in [0.25, 0.3) is 5.91 Å². The van der Waals surface area contributed by atoms with Gasteiger partial charge in [0.1, 0.15) is 5.82 Å². The fourth-order valence-electron chi connectivity index (χ4n) is 4.06. The minimum Gasteiger partial charge on any atom is -0.454 e. The van der Waals surface area contributed by atoms with E-state index in [0.717, 1.165) is 22.6 Å². The van der Waals surface area contributed by atoms with Crippen LogP contribution in [0, 0.1) is 0 Å². The van der Waals surface area contributed by atoms with Crippen LogP contribution >= 0.6 is 0 Å². The minimum atomic E-state index is 0.00250. The van der Waals surface area contributed by atoms with E-state index in [1.165, 1.54) is 0 Å². The molecule has 0 radical (unpaired) electrons. The summed E-state index contributed by atoms with van der Waals surface area (Å²) in [5.74, 6) is 2.32. The topological polar surface area (TPSA) is 65.8 Å². The number of carbonyl (C=O) groups excluding carboxylic acids is 1. The van der Waals surface area contributed by atoms with Crippen LogP contribution in [0.2, 0.25) is 0 Å². The number of amides is 1. The molecule has 3 heterocycles. The fraction of sp³-hybridized carbons (Fsp3) is 0.304. The van der Waals surface area contributed by atoms with Crippen LogP contribution in [0.5, 0.6) is 11.5 Å². The Morgan fingerprint density at radius 3 is 2.90 bits per heavy atom. The third-order valence-corrected chi connectivity index (χ3v) is 5.58. The zero-order valence-electron chi connectivity index (χ0n) is 16.8. The van der Waals surface area contributed by atoms with Gasteiger partial charge in [-0.3, -0.25) is 4.79 Å². The lowest BCUT2D eigenvalue weighted by atomic mass is 10.1. The summed E-state index contributed by atoms with van der Waals surface area (Å²) in [7, 11) is 1.70. The first kappa shape index (κ1) is 18.7. The average Bonchev–Trinajstić information content (AvgIpc) is 3.35. The maximum atomic E-state index is 13.1. The first-order valence-corrected chi connectivity index (χ1v) is 10.0. The molecular weight excluding hydrogens is 382 g/mol. The SMILES string of the molecule is COCc1cccc(-c2cnc3n2CCN(C(=O)c2ccc4c(c2)OCO4)CC3)c1. The Morgan fingerprint density at radius 1 is 1.10 bits per heavy atom. The van der Waals surface area contributed by atoms with Gasteiger partial charge in [-0.15, -0.1) is 0 Å². The second kappa shape index (κ2) is 7.84. The number of aromatic nitrogens is 2. The van der Waals surface area contributed by atoms with E-state index in [0.29, 0.717) is 49.7 Å². The maximum absolute atomic E-state index is 13.1. The molecule has 2 aliphatic rings. The number of fused-ring (bicyclic) bond motifs is 2. The summed E-state index contributed by atoms with van der Waals surface area (Å²) < 4.78 is 18.2. The molecule has 0 fully saturated rings. The molecule has 0 atom stereocenters. The van der Waals surface area contributed by atoms with Crippen LogP contribution in [-0.2, 0) is 24.3 Å². The van der Waals surface area contributed by atoms with E-state index in [1.54, 1.807) is 25.3 Å². The van der Waals surface area contributed by atoms with Crippen molar-refractivity contribution in [3.05, 3.63) is 65.6 Å². The Hall–Kier alpha value is -3.32. The molecule has 1 amide bonds. The lowest BCUT2D eigenvalue weighted by Gasteiger charge is -2.20. The van der Waals surface area contributed by atoms with Crippen LogP contribution in [0.15, 0.2) is 48.7 Å². The quantitative estimate of drug-likeness (QED) is 0.667. The van der Waals surface area contributed by atoms with Crippen LogP contribution < -0.4 is 9.47 Å². The lowest BCUT2D eigenvalue weighted by molar-refractivity contribution is 0.0758. The van der Waals surface area contributed by atoms with Gasteiger partial charge in [-0.2, -0.15) is 0 Å². The van der Waals surface area contributed by atoms with E-state index in [-0.39, 0.29) is 12.7 Å². The van der Waals surface area contributed by atoms with Crippen molar-refractivity contribution in [3.63, 3.8) is 0 Å². The number of rotatable bonds is 4. The van der Waals surface area contributed by atoms with Gasteiger partial charge >= 0.3 is 0 Å². The Bertz CT molecular complexity index is 1090. The summed E-state index contributed by atoms with van der Waals surface area (Å²) in [6, 6.07) is 13.7. The Morgan fingerprint density at radius 2 is 2.00 bits per heavy atom. The van der Waals surface area contributed by atoms with E-state index in [1.807, 2.05) is 17.2 Å². The van der Waals surface area contributed by atoms with Gasteiger partial charge in [0.05, 0.1) is 18.5 Å². The van der Waals surface area contributed by atoms with Crippen LogP contribution in [0.4, 0.5) is 0 Å². The lowest BCUT2D eigenvalue weighted by Crippen LogP contribution is -2.33. The number of benzene rings is 2. The van der Waals surface area contributed by atoms with Gasteiger partial charge < -0.3 is 23.7 Å². The van der Waals surface area contributed by atoms with Gasteiger partial charge in [0, 0.05) is 44.3 Å². The molecule has 30 heavy (non-hydrogen) atoms. The molecule has 2 aliphatic heterocycles. The molecule has 0 spiro atoms. The van der Waals surface area contributed by atoms with Crippen molar-refractivity contribution < 1.29 is 19.0 Å². The van der Waals surface area contributed by atoms with Crippen molar-refractivity contribution in [2.75, 3.05) is 27.0 Å². The third-order valence-electron chi connectivity index (χ3n) is 5.58. The first-order valence-electron chi connectivity index (χ1n) is 10.0. The van der Waals surface area contributed by atoms with Gasteiger partial charge in [-0.25, -0.2) is 4.98 Å². The highest BCUT2D eigenvalue weighted by Crippen LogP contribution is 2.33. The molecule has 0 bridgehead atoms. The van der Waals surface area contributed by atoms with Crippen molar-refractivity contribution in [3.8, 4) is 22.8 Å². The number of nitrogens with zero attached hydrogens (tertiary/aromatic N) is 3. The van der Waals surface area contributed by atoms with Crippen LogP contribution in [0.3, 0.4) is 0 Å². The number of methoxy groups -OCH3 is 1. The average molecular weight is 405 g/mol. The predicted octanol–water partition coefficient (Wildman–Crippen LogP) is 3.12. The summed E-state index contributed by atoms with van der Waals surface area (Å²) >= 11 is 0. The van der Waals surface area contributed by atoms with Crippen molar-refractivity contribution in [2.45, 2.75) is 19.6 Å². The molecule has 154 valence electrons. The summed E-state index contributed by atoms with van der Waals surface area (Å²) in [6.45, 7) is 2.74. The zero-order chi connectivity index (χ0) is 20.5. The van der Waals surface area contributed by atoms with Crippen molar-refractivity contribution >= 4 is 5.91 Å². The summed E-state index contributed by atoms with van der Waals surface area (Å²) in [5.41, 5.74) is 3.92. The highest BCUT2D eigenvalue weighted by molar-refractivity contribution is 5.95. The summed E-state index contributed by atoms with van der Waals surface area (Å²) in [4.78, 5) is 19.6. The summed E-state index contributed by atoms with van der Waals surface area (Å²) in [5, 5.41) is 0. The highest BCUT2D eigenvalue weighted by Gasteiger charge is 2.24. The van der Waals surface area contributed by atoms with E-state index in [4.69, 9.17) is 14.2 Å². The minimum absolute atomic E-state index is 0.00250. The highest BCUT2D eigenvalue weighted by atomic mass is 16.7. The van der Waals surface area contributed by atoms with E-state index < -0.39 is 0 Å². The maximum Gasteiger partial charge on any atom is 0.254 e. The van der Waals surface area contributed by atoms with Gasteiger partial charge in [-0.05, 0) is 29.8 Å². The molecule has 0 unspecified atom stereocenters. The first-order chi connectivity index (χ1) is 14.7. The predicted molar refractivity (Wildman–Crippen MR) is 111 cm³/mol. The standard InChI is InChI=1S/C23H23N3O4/c1-28-14-16-3-2-4-17(11-16)19-13-24-22-7-8-25(9-10-26(19)22)23(27)18-5-6-20-21(12-18)30-15-29-20/h2-6,11-13H,7-10,14-15H2,1H3. The number of carbonyl (C=O) groups is 1. The normalized spacial score (nSPS) is 15.0. The number of ether oxygens (including phenoxy) is 3. The van der Waals surface area contributed by atoms with Crippen LogP contribution in [0.25, 0.3) is 11.3 Å². The molecule has 0 aliphatic carbocycles. The van der Waals surface area contributed by atoms with E-state index in [2.05, 4.69) is 27.8 Å². The van der Waals surface area contributed by atoms with Gasteiger partial charge in [0.15, 0.2) is 11.5 Å².